The van der Waals surface area contributed by atoms with Gasteiger partial charge in [-0.25, -0.2) is 0 Å². The van der Waals surface area contributed by atoms with Gasteiger partial charge < -0.3 is 15.4 Å². The molecule has 0 aromatic rings. The average Bonchev–Trinajstić information content (AvgIpc) is 2.00. The van der Waals surface area contributed by atoms with Crippen LogP contribution in [0, 0.1) is 0 Å². The summed E-state index contributed by atoms with van der Waals surface area (Å²) in [5.41, 5.74) is 0. The highest BCUT2D eigenvalue weighted by Crippen LogP contribution is 2.05. The molecule has 0 saturated carbocycles. The summed E-state index contributed by atoms with van der Waals surface area (Å²) in [4.78, 5) is 0. The highest BCUT2D eigenvalue weighted by molar-refractivity contribution is 5.07. The quantitative estimate of drug-likeness (QED) is 0.466. The Morgan fingerprint density at radius 2 is 2.58 bits per heavy atom. The van der Waals surface area contributed by atoms with Gasteiger partial charge in [0, 0.05) is 19.3 Å². The normalized spacial score (nSPS) is 22.8. The Labute approximate surface area is 73.5 Å². The standard InChI is InChI=1S/C9H16N2O/c1-3-9(6-10-2)12-7-8-4-5-11-8/h3,6,8,10-11H,1,4-5,7H2,2H3/b9-6+. The fraction of sp³-hybridized carbons (Fsp3) is 0.556. The zero-order valence-corrected chi connectivity index (χ0v) is 7.47. The van der Waals surface area contributed by atoms with Crippen molar-refractivity contribution in [3.63, 3.8) is 0 Å². The van der Waals surface area contributed by atoms with Gasteiger partial charge >= 0.3 is 0 Å². The summed E-state index contributed by atoms with van der Waals surface area (Å²) in [7, 11) is 1.84. The second-order valence-electron chi connectivity index (χ2n) is 2.79. The maximum atomic E-state index is 5.45. The molecule has 1 rings (SSSR count). The van der Waals surface area contributed by atoms with Crippen molar-refractivity contribution in [2.75, 3.05) is 20.2 Å². The van der Waals surface area contributed by atoms with Crippen molar-refractivity contribution >= 4 is 0 Å². The Hall–Kier alpha value is -0.960. The van der Waals surface area contributed by atoms with Crippen LogP contribution in [-0.2, 0) is 4.74 Å². The summed E-state index contributed by atoms with van der Waals surface area (Å²) < 4.78 is 5.45. The molecule has 12 heavy (non-hydrogen) atoms. The number of allylic oxidation sites excluding steroid dienone is 1. The number of hydrogen-bond donors (Lipinski definition) is 2. The van der Waals surface area contributed by atoms with Crippen molar-refractivity contribution in [1.29, 1.82) is 0 Å². The highest BCUT2D eigenvalue weighted by Gasteiger charge is 2.16. The fourth-order valence-electron chi connectivity index (χ4n) is 0.989. The number of nitrogens with one attached hydrogen (secondary N) is 2. The Balaban J connectivity index is 2.17. The van der Waals surface area contributed by atoms with Crippen LogP contribution in [0.2, 0.25) is 0 Å². The van der Waals surface area contributed by atoms with Crippen LogP contribution in [0.25, 0.3) is 0 Å². The zero-order chi connectivity index (χ0) is 8.81. The molecule has 1 aliphatic rings. The summed E-state index contributed by atoms with van der Waals surface area (Å²) >= 11 is 0. The number of hydrogen-bond acceptors (Lipinski definition) is 3. The summed E-state index contributed by atoms with van der Waals surface area (Å²) in [6, 6.07) is 0.533. The molecule has 0 aromatic carbocycles. The molecule has 3 heteroatoms. The van der Waals surface area contributed by atoms with Gasteiger partial charge in [-0.1, -0.05) is 6.58 Å². The van der Waals surface area contributed by atoms with Crippen molar-refractivity contribution in [2.45, 2.75) is 12.5 Å². The minimum absolute atomic E-state index is 0.533. The van der Waals surface area contributed by atoms with Gasteiger partial charge in [-0.05, 0) is 19.0 Å². The molecular formula is C9H16N2O. The lowest BCUT2D eigenvalue weighted by molar-refractivity contribution is 0.157. The van der Waals surface area contributed by atoms with Gasteiger partial charge in [-0.15, -0.1) is 0 Å². The largest absolute Gasteiger partial charge is 0.490 e. The lowest BCUT2D eigenvalue weighted by atomic mass is 10.1. The van der Waals surface area contributed by atoms with Crippen LogP contribution in [0.5, 0.6) is 0 Å². The van der Waals surface area contributed by atoms with E-state index in [1.165, 1.54) is 6.42 Å². The first-order chi connectivity index (χ1) is 5.86. The van der Waals surface area contributed by atoms with Crippen LogP contribution in [0.3, 0.4) is 0 Å². The van der Waals surface area contributed by atoms with E-state index >= 15 is 0 Å². The molecule has 1 aliphatic heterocycles. The minimum Gasteiger partial charge on any atom is -0.490 e. The first-order valence-corrected chi connectivity index (χ1v) is 4.23. The Morgan fingerprint density at radius 1 is 1.83 bits per heavy atom. The van der Waals surface area contributed by atoms with Gasteiger partial charge in [0.15, 0.2) is 0 Å². The third-order valence-electron chi connectivity index (χ3n) is 1.86. The molecular weight excluding hydrogens is 152 g/mol. The van der Waals surface area contributed by atoms with E-state index in [-0.39, 0.29) is 0 Å². The van der Waals surface area contributed by atoms with E-state index in [4.69, 9.17) is 4.74 Å². The molecule has 68 valence electrons. The predicted octanol–water partition coefficient (Wildman–Crippen LogP) is 0.612. The molecule has 0 bridgehead atoms. The molecule has 1 fully saturated rings. The van der Waals surface area contributed by atoms with Gasteiger partial charge in [0.1, 0.15) is 12.4 Å². The molecule has 0 aliphatic carbocycles. The van der Waals surface area contributed by atoms with Crippen LogP contribution < -0.4 is 10.6 Å². The van der Waals surface area contributed by atoms with Crippen molar-refractivity contribution in [1.82, 2.24) is 10.6 Å². The smallest absolute Gasteiger partial charge is 0.134 e. The SMILES string of the molecule is C=C/C(=C\NC)OCC1CCN1. The first-order valence-electron chi connectivity index (χ1n) is 4.23. The van der Waals surface area contributed by atoms with Crippen LogP contribution >= 0.6 is 0 Å². The van der Waals surface area contributed by atoms with Crippen LogP contribution in [0.1, 0.15) is 6.42 Å². The third kappa shape index (κ3) is 2.58. The molecule has 1 atom stereocenters. The minimum atomic E-state index is 0.533. The van der Waals surface area contributed by atoms with E-state index in [1.54, 1.807) is 12.3 Å². The Morgan fingerprint density at radius 3 is 3.00 bits per heavy atom. The highest BCUT2D eigenvalue weighted by atomic mass is 16.5. The lowest BCUT2D eigenvalue weighted by Gasteiger charge is -2.27. The van der Waals surface area contributed by atoms with Gasteiger partial charge in [0.2, 0.25) is 0 Å². The molecule has 0 spiro atoms. The topological polar surface area (TPSA) is 33.3 Å². The Kier molecular flexibility index (Phi) is 3.67. The number of ether oxygens (including phenoxy) is 1. The van der Waals surface area contributed by atoms with E-state index in [0.717, 1.165) is 18.9 Å². The second-order valence-corrected chi connectivity index (χ2v) is 2.79. The summed E-state index contributed by atoms with van der Waals surface area (Å²) in [5.74, 6) is 0.797. The van der Waals surface area contributed by atoms with E-state index in [2.05, 4.69) is 17.2 Å². The average molecular weight is 168 g/mol. The van der Waals surface area contributed by atoms with Gasteiger partial charge in [-0.3, -0.25) is 0 Å². The molecule has 0 aromatic heterocycles. The first kappa shape index (κ1) is 9.13. The van der Waals surface area contributed by atoms with Gasteiger partial charge in [0.05, 0.1) is 0 Å². The van der Waals surface area contributed by atoms with Crippen LogP contribution in [0.4, 0.5) is 0 Å². The Bertz CT molecular complexity index is 173. The predicted molar refractivity (Wildman–Crippen MR) is 49.7 cm³/mol. The molecule has 0 amide bonds. The fourth-order valence-corrected chi connectivity index (χ4v) is 0.989. The van der Waals surface area contributed by atoms with E-state index < -0.39 is 0 Å². The molecule has 1 heterocycles. The van der Waals surface area contributed by atoms with Crippen molar-refractivity contribution < 1.29 is 4.74 Å². The molecule has 1 saturated heterocycles. The van der Waals surface area contributed by atoms with Crippen LogP contribution in [0.15, 0.2) is 24.6 Å². The number of rotatable bonds is 5. The lowest BCUT2D eigenvalue weighted by Crippen LogP contribution is -2.45. The third-order valence-corrected chi connectivity index (χ3v) is 1.86. The van der Waals surface area contributed by atoms with Crippen LogP contribution in [-0.4, -0.2) is 26.2 Å². The van der Waals surface area contributed by atoms with Crippen molar-refractivity contribution in [2.24, 2.45) is 0 Å². The second kappa shape index (κ2) is 4.83. The summed E-state index contributed by atoms with van der Waals surface area (Å²) in [6.45, 7) is 5.50. The van der Waals surface area contributed by atoms with E-state index in [0.29, 0.717) is 6.04 Å². The summed E-state index contributed by atoms with van der Waals surface area (Å²) in [5, 5.41) is 6.16. The van der Waals surface area contributed by atoms with Gasteiger partial charge in [0.25, 0.3) is 0 Å². The summed E-state index contributed by atoms with van der Waals surface area (Å²) in [6.07, 6.45) is 4.71. The molecule has 0 radical (unpaired) electrons. The van der Waals surface area contributed by atoms with Gasteiger partial charge in [-0.2, -0.15) is 0 Å². The molecule has 1 unspecified atom stereocenters. The monoisotopic (exact) mass is 168 g/mol. The van der Waals surface area contributed by atoms with E-state index in [1.807, 2.05) is 7.05 Å². The molecule has 3 nitrogen and oxygen atoms in total. The van der Waals surface area contributed by atoms with Crippen molar-refractivity contribution in [3.05, 3.63) is 24.6 Å². The maximum absolute atomic E-state index is 5.45. The van der Waals surface area contributed by atoms with Crippen molar-refractivity contribution in [3.8, 4) is 0 Å². The van der Waals surface area contributed by atoms with E-state index in [9.17, 15) is 0 Å². The zero-order valence-electron chi connectivity index (χ0n) is 7.47. The maximum Gasteiger partial charge on any atom is 0.134 e. The molecule has 2 N–H and O–H groups in total.